The second-order valence-electron chi connectivity index (χ2n) is 4.70. The molecule has 2 aromatic carbocycles. The first-order valence-electron chi connectivity index (χ1n) is 6.39. The van der Waals surface area contributed by atoms with Crippen molar-refractivity contribution in [3.63, 3.8) is 0 Å². The summed E-state index contributed by atoms with van der Waals surface area (Å²) in [7, 11) is 0. The molecule has 0 saturated carbocycles. The summed E-state index contributed by atoms with van der Waals surface area (Å²) in [6.45, 7) is 2.55. The van der Waals surface area contributed by atoms with E-state index in [1.807, 2.05) is 6.92 Å². The Morgan fingerprint density at radius 3 is 2.52 bits per heavy atom. The van der Waals surface area contributed by atoms with Crippen LogP contribution < -0.4 is 5.32 Å². The van der Waals surface area contributed by atoms with E-state index >= 15 is 0 Å². The Bertz CT molecular complexity index is 647. The second-order valence-corrected chi connectivity index (χ2v) is 5.55. The fourth-order valence-electron chi connectivity index (χ4n) is 1.91. The summed E-state index contributed by atoms with van der Waals surface area (Å²) in [4.78, 5) is 10.2. The summed E-state index contributed by atoms with van der Waals surface area (Å²) < 4.78 is 13.6. The summed E-state index contributed by atoms with van der Waals surface area (Å²) in [6, 6.07) is 11.3. The van der Waals surface area contributed by atoms with Crippen molar-refractivity contribution in [1.29, 1.82) is 0 Å². The highest BCUT2D eigenvalue weighted by Gasteiger charge is 2.09. The Morgan fingerprint density at radius 2 is 1.95 bits per heavy atom. The van der Waals surface area contributed by atoms with Crippen LogP contribution in [0.5, 0.6) is 0 Å². The molecule has 0 aromatic heterocycles. The van der Waals surface area contributed by atoms with Crippen LogP contribution >= 0.6 is 15.9 Å². The molecular formula is C15H14BrFN2O2. The molecule has 0 amide bonds. The van der Waals surface area contributed by atoms with E-state index in [1.165, 1.54) is 18.2 Å². The third-order valence-electron chi connectivity index (χ3n) is 3.20. The lowest BCUT2D eigenvalue weighted by atomic mass is 10.1. The average Bonchev–Trinajstić information content (AvgIpc) is 2.48. The van der Waals surface area contributed by atoms with E-state index < -0.39 is 4.92 Å². The molecule has 2 rings (SSSR count). The van der Waals surface area contributed by atoms with E-state index in [4.69, 9.17) is 0 Å². The molecule has 0 aliphatic carbocycles. The van der Waals surface area contributed by atoms with Gasteiger partial charge in [0.2, 0.25) is 0 Å². The Balaban J connectivity index is 1.98. The van der Waals surface area contributed by atoms with E-state index in [2.05, 4.69) is 21.2 Å². The average molecular weight is 353 g/mol. The lowest BCUT2D eigenvalue weighted by Crippen LogP contribution is -2.18. The molecule has 1 unspecified atom stereocenters. The van der Waals surface area contributed by atoms with Crippen LogP contribution in [0.25, 0.3) is 0 Å². The predicted molar refractivity (Wildman–Crippen MR) is 82.5 cm³/mol. The van der Waals surface area contributed by atoms with Gasteiger partial charge < -0.3 is 5.32 Å². The van der Waals surface area contributed by atoms with Crippen molar-refractivity contribution in [2.45, 2.75) is 19.5 Å². The van der Waals surface area contributed by atoms with E-state index in [0.29, 0.717) is 11.0 Å². The third kappa shape index (κ3) is 4.09. The van der Waals surface area contributed by atoms with Gasteiger partial charge in [-0.25, -0.2) is 4.39 Å². The SMILES string of the molecule is CC(NCc1ccc([N+](=O)[O-])cc1)c1ccc(F)c(Br)c1. The molecule has 1 N–H and O–H groups in total. The number of hydrogen-bond donors (Lipinski definition) is 1. The highest BCUT2D eigenvalue weighted by molar-refractivity contribution is 9.10. The number of rotatable bonds is 5. The van der Waals surface area contributed by atoms with Crippen molar-refractivity contribution in [2.75, 3.05) is 0 Å². The number of benzene rings is 2. The zero-order valence-electron chi connectivity index (χ0n) is 11.3. The van der Waals surface area contributed by atoms with Gasteiger partial charge in [0.05, 0.1) is 9.40 Å². The molecule has 0 radical (unpaired) electrons. The Morgan fingerprint density at radius 1 is 1.29 bits per heavy atom. The van der Waals surface area contributed by atoms with Crippen molar-refractivity contribution in [3.8, 4) is 0 Å². The molecule has 2 aromatic rings. The third-order valence-corrected chi connectivity index (χ3v) is 3.81. The van der Waals surface area contributed by atoms with Crippen LogP contribution in [0.2, 0.25) is 0 Å². The zero-order chi connectivity index (χ0) is 15.4. The number of nitrogens with zero attached hydrogens (tertiary/aromatic N) is 1. The largest absolute Gasteiger partial charge is 0.306 e. The van der Waals surface area contributed by atoms with E-state index in [-0.39, 0.29) is 17.5 Å². The minimum absolute atomic E-state index is 0.0390. The second kappa shape index (κ2) is 6.78. The fourth-order valence-corrected chi connectivity index (χ4v) is 2.30. The van der Waals surface area contributed by atoms with E-state index in [9.17, 15) is 14.5 Å². The van der Waals surface area contributed by atoms with Crippen molar-refractivity contribution in [2.24, 2.45) is 0 Å². The van der Waals surface area contributed by atoms with Gasteiger partial charge in [0.1, 0.15) is 5.82 Å². The molecule has 0 heterocycles. The van der Waals surface area contributed by atoms with Gasteiger partial charge in [0.15, 0.2) is 0 Å². The number of nitro benzene ring substituents is 1. The van der Waals surface area contributed by atoms with Crippen LogP contribution in [0, 0.1) is 15.9 Å². The quantitative estimate of drug-likeness (QED) is 0.642. The van der Waals surface area contributed by atoms with Gasteiger partial charge in [0.25, 0.3) is 5.69 Å². The zero-order valence-corrected chi connectivity index (χ0v) is 12.9. The molecule has 0 spiro atoms. The monoisotopic (exact) mass is 352 g/mol. The first-order chi connectivity index (χ1) is 9.97. The topological polar surface area (TPSA) is 55.2 Å². The highest BCUT2D eigenvalue weighted by atomic mass is 79.9. The van der Waals surface area contributed by atoms with Gasteiger partial charge in [-0.05, 0) is 46.1 Å². The number of nitrogens with one attached hydrogen (secondary N) is 1. The number of nitro groups is 1. The van der Waals surface area contributed by atoms with Crippen LogP contribution in [-0.2, 0) is 6.54 Å². The normalized spacial score (nSPS) is 12.1. The molecule has 4 nitrogen and oxygen atoms in total. The van der Waals surface area contributed by atoms with Crippen molar-refractivity contribution in [3.05, 3.63) is 74.0 Å². The van der Waals surface area contributed by atoms with Gasteiger partial charge in [-0.15, -0.1) is 0 Å². The summed E-state index contributed by atoms with van der Waals surface area (Å²) in [6.07, 6.45) is 0. The van der Waals surface area contributed by atoms with Crippen LogP contribution in [0.4, 0.5) is 10.1 Å². The Kier molecular flexibility index (Phi) is 5.03. The maximum Gasteiger partial charge on any atom is 0.269 e. The van der Waals surface area contributed by atoms with Gasteiger partial charge in [-0.3, -0.25) is 10.1 Å². The minimum atomic E-state index is -0.421. The highest BCUT2D eigenvalue weighted by Crippen LogP contribution is 2.21. The number of non-ortho nitro benzene ring substituents is 1. The van der Waals surface area contributed by atoms with Crippen LogP contribution in [0.3, 0.4) is 0 Å². The minimum Gasteiger partial charge on any atom is -0.306 e. The molecule has 6 heteroatoms. The summed E-state index contributed by atoms with van der Waals surface area (Å²) in [5, 5.41) is 13.9. The molecule has 110 valence electrons. The summed E-state index contributed by atoms with van der Waals surface area (Å²) in [5.41, 5.74) is 1.99. The Hall–Kier alpha value is -1.79. The first kappa shape index (κ1) is 15.6. The lowest BCUT2D eigenvalue weighted by Gasteiger charge is -2.15. The van der Waals surface area contributed by atoms with Gasteiger partial charge in [-0.2, -0.15) is 0 Å². The van der Waals surface area contributed by atoms with Crippen molar-refractivity contribution < 1.29 is 9.31 Å². The molecule has 0 aliphatic heterocycles. The van der Waals surface area contributed by atoms with Gasteiger partial charge in [-0.1, -0.05) is 18.2 Å². The molecule has 0 aliphatic rings. The molecule has 0 saturated heterocycles. The summed E-state index contributed by atoms with van der Waals surface area (Å²) >= 11 is 3.17. The molecule has 0 fully saturated rings. The maximum atomic E-state index is 13.2. The smallest absolute Gasteiger partial charge is 0.269 e. The molecule has 1 atom stereocenters. The van der Waals surface area contributed by atoms with Gasteiger partial charge in [0, 0.05) is 24.7 Å². The number of hydrogen-bond acceptors (Lipinski definition) is 3. The molecular weight excluding hydrogens is 339 g/mol. The first-order valence-corrected chi connectivity index (χ1v) is 7.18. The summed E-state index contributed by atoms with van der Waals surface area (Å²) in [5.74, 6) is -0.290. The van der Waals surface area contributed by atoms with Crippen LogP contribution in [0.15, 0.2) is 46.9 Å². The standard InChI is InChI=1S/C15H14BrFN2O2/c1-10(12-4-7-15(17)14(16)8-12)18-9-11-2-5-13(6-3-11)19(20)21/h2-8,10,18H,9H2,1H3. The Labute approximate surface area is 130 Å². The van der Waals surface area contributed by atoms with Crippen molar-refractivity contribution in [1.82, 2.24) is 5.32 Å². The number of halogens is 2. The van der Waals surface area contributed by atoms with Crippen LogP contribution in [-0.4, -0.2) is 4.92 Å². The van der Waals surface area contributed by atoms with Crippen LogP contribution in [0.1, 0.15) is 24.1 Å². The molecule has 21 heavy (non-hydrogen) atoms. The maximum absolute atomic E-state index is 13.2. The predicted octanol–water partition coefficient (Wildman–Crippen LogP) is 4.35. The van der Waals surface area contributed by atoms with Crippen molar-refractivity contribution >= 4 is 21.6 Å². The lowest BCUT2D eigenvalue weighted by molar-refractivity contribution is -0.384. The van der Waals surface area contributed by atoms with E-state index in [1.54, 1.807) is 24.3 Å². The van der Waals surface area contributed by atoms with Gasteiger partial charge >= 0.3 is 0 Å². The molecule has 0 bridgehead atoms. The van der Waals surface area contributed by atoms with E-state index in [0.717, 1.165) is 11.1 Å². The fraction of sp³-hybridized carbons (Fsp3) is 0.200.